The van der Waals surface area contributed by atoms with Crippen molar-refractivity contribution >= 4 is 5.91 Å². The van der Waals surface area contributed by atoms with Gasteiger partial charge in [0.1, 0.15) is 6.04 Å². The summed E-state index contributed by atoms with van der Waals surface area (Å²) < 4.78 is 0. The van der Waals surface area contributed by atoms with Gasteiger partial charge in [0.2, 0.25) is 5.91 Å². The molecule has 4 nitrogen and oxygen atoms in total. The van der Waals surface area contributed by atoms with Crippen molar-refractivity contribution in [3.05, 3.63) is 71.8 Å². The molecule has 2 aromatic rings. The minimum absolute atomic E-state index is 0.0932. The van der Waals surface area contributed by atoms with Crippen LogP contribution in [0.1, 0.15) is 37.4 Å². The number of nitrogens with zero attached hydrogens (tertiary/aromatic N) is 2. The van der Waals surface area contributed by atoms with Crippen molar-refractivity contribution in [3.8, 4) is 0 Å². The maximum Gasteiger partial charge on any atom is 0.241 e. The first-order valence-corrected chi connectivity index (χ1v) is 9.94. The Hall–Kier alpha value is -2.17. The van der Waals surface area contributed by atoms with Gasteiger partial charge in [-0.3, -0.25) is 9.69 Å². The molecule has 0 radical (unpaired) electrons. The smallest absolute Gasteiger partial charge is 0.241 e. The van der Waals surface area contributed by atoms with Crippen LogP contribution in [0.3, 0.4) is 0 Å². The summed E-state index contributed by atoms with van der Waals surface area (Å²) >= 11 is 0. The van der Waals surface area contributed by atoms with Gasteiger partial charge in [-0.25, -0.2) is 0 Å². The SMILES string of the molecule is CCN(CC)C(C(=O)NCCCN(C)Cc1ccccc1)c1ccccc1. The first kappa shape index (κ1) is 21.1. The van der Waals surface area contributed by atoms with Crippen molar-refractivity contribution < 1.29 is 4.79 Å². The number of carbonyl (C=O) groups is 1. The van der Waals surface area contributed by atoms with Crippen LogP contribution in [-0.2, 0) is 11.3 Å². The zero-order chi connectivity index (χ0) is 19.5. The minimum Gasteiger partial charge on any atom is -0.354 e. The van der Waals surface area contributed by atoms with Crippen molar-refractivity contribution in [2.24, 2.45) is 0 Å². The molecule has 0 bridgehead atoms. The van der Waals surface area contributed by atoms with Crippen molar-refractivity contribution in [1.82, 2.24) is 15.1 Å². The van der Waals surface area contributed by atoms with E-state index in [1.54, 1.807) is 0 Å². The Balaban J connectivity index is 1.83. The van der Waals surface area contributed by atoms with Crippen LogP contribution < -0.4 is 5.32 Å². The van der Waals surface area contributed by atoms with E-state index in [9.17, 15) is 4.79 Å². The molecule has 0 aliphatic rings. The third kappa shape index (κ3) is 6.81. The molecule has 0 fully saturated rings. The second-order valence-electron chi connectivity index (χ2n) is 6.90. The molecule has 0 aromatic heterocycles. The number of hydrogen-bond acceptors (Lipinski definition) is 3. The van der Waals surface area contributed by atoms with Crippen LogP contribution in [0.15, 0.2) is 60.7 Å². The lowest BCUT2D eigenvalue weighted by Crippen LogP contribution is -2.41. The summed E-state index contributed by atoms with van der Waals surface area (Å²) in [6, 6.07) is 20.3. The van der Waals surface area contributed by atoms with Gasteiger partial charge in [-0.1, -0.05) is 74.5 Å². The average molecular weight is 368 g/mol. The molecular weight excluding hydrogens is 334 g/mol. The molecule has 2 aromatic carbocycles. The fraction of sp³-hybridized carbons (Fsp3) is 0.435. The van der Waals surface area contributed by atoms with Crippen LogP contribution in [-0.4, -0.2) is 48.9 Å². The van der Waals surface area contributed by atoms with E-state index in [2.05, 4.69) is 60.3 Å². The second-order valence-corrected chi connectivity index (χ2v) is 6.90. The zero-order valence-corrected chi connectivity index (χ0v) is 16.9. The number of benzene rings is 2. The Labute approximate surface area is 164 Å². The van der Waals surface area contributed by atoms with Gasteiger partial charge >= 0.3 is 0 Å². The maximum absolute atomic E-state index is 12.9. The molecule has 4 heteroatoms. The van der Waals surface area contributed by atoms with E-state index in [0.29, 0.717) is 6.54 Å². The lowest BCUT2D eigenvalue weighted by molar-refractivity contribution is -0.126. The third-order valence-corrected chi connectivity index (χ3v) is 4.85. The average Bonchev–Trinajstić information content (AvgIpc) is 2.70. The van der Waals surface area contributed by atoms with Crippen LogP contribution in [0.5, 0.6) is 0 Å². The Morgan fingerprint density at radius 3 is 2.15 bits per heavy atom. The Morgan fingerprint density at radius 2 is 1.56 bits per heavy atom. The molecule has 146 valence electrons. The number of carbonyl (C=O) groups excluding carboxylic acids is 1. The molecule has 27 heavy (non-hydrogen) atoms. The van der Waals surface area contributed by atoms with Crippen LogP contribution >= 0.6 is 0 Å². The molecule has 1 atom stereocenters. The molecule has 2 rings (SSSR count). The van der Waals surface area contributed by atoms with Gasteiger partial charge < -0.3 is 10.2 Å². The maximum atomic E-state index is 12.9. The first-order chi connectivity index (χ1) is 13.2. The van der Waals surface area contributed by atoms with E-state index in [-0.39, 0.29) is 11.9 Å². The molecule has 0 spiro atoms. The summed E-state index contributed by atoms with van der Waals surface area (Å²) in [5, 5.41) is 3.14. The fourth-order valence-corrected chi connectivity index (χ4v) is 3.38. The van der Waals surface area contributed by atoms with Gasteiger partial charge in [-0.05, 0) is 44.2 Å². The van der Waals surface area contributed by atoms with Crippen LogP contribution in [0.4, 0.5) is 0 Å². The summed E-state index contributed by atoms with van der Waals surface area (Å²) in [4.78, 5) is 17.4. The Morgan fingerprint density at radius 1 is 0.963 bits per heavy atom. The number of nitrogens with one attached hydrogen (secondary N) is 1. The van der Waals surface area contributed by atoms with E-state index in [4.69, 9.17) is 0 Å². The highest BCUT2D eigenvalue weighted by molar-refractivity contribution is 5.83. The van der Waals surface area contributed by atoms with Crippen molar-refractivity contribution in [3.63, 3.8) is 0 Å². The Bertz CT molecular complexity index is 656. The Kier molecular flexibility index (Phi) is 9.02. The summed E-state index contributed by atoms with van der Waals surface area (Å²) in [6.45, 7) is 8.49. The quantitative estimate of drug-likeness (QED) is 0.615. The summed E-state index contributed by atoms with van der Waals surface area (Å²) in [5.41, 5.74) is 2.37. The van der Waals surface area contributed by atoms with E-state index < -0.39 is 0 Å². The van der Waals surface area contributed by atoms with Gasteiger partial charge in [0.15, 0.2) is 0 Å². The monoisotopic (exact) mass is 367 g/mol. The molecule has 0 aliphatic heterocycles. The third-order valence-electron chi connectivity index (χ3n) is 4.85. The van der Waals surface area contributed by atoms with Crippen LogP contribution in [0.2, 0.25) is 0 Å². The predicted octanol–water partition coefficient (Wildman–Crippen LogP) is 3.71. The molecule has 1 N–H and O–H groups in total. The molecular formula is C23H33N3O. The first-order valence-electron chi connectivity index (χ1n) is 9.94. The molecule has 1 amide bonds. The van der Waals surface area contributed by atoms with Gasteiger partial charge in [0.25, 0.3) is 0 Å². The van der Waals surface area contributed by atoms with Gasteiger partial charge in [0.05, 0.1) is 0 Å². The molecule has 0 heterocycles. The number of rotatable bonds is 11. The zero-order valence-electron chi connectivity index (χ0n) is 16.9. The number of hydrogen-bond donors (Lipinski definition) is 1. The summed E-state index contributed by atoms with van der Waals surface area (Å²) in [5.74, 6) is 0.0932. The highest BCUT2D eigenvalue weighted by Crippen LogP contribution is 2.20. The highest BCUT2D eigenvalue weighted by atomic mass is 16.2. The number of amides is 1. The lowest BCUT2D eigenvalue weighted by Gasteiger charge is -2.29. The van der Waals surface area contributed by atoms with Crippen molar-refractivity contribution in [1.29, 1.82) is 0 Å². The van der Waals surface area contributed by atoms with Crippen LogP contribution in [0, 0.1) is 0 Å². The van der Waals surface area contributed by atoms with Crippen molar-refractivity contribution in [2.75, 3.05) is 33.2 Å². The largest absolute Gasteiger partial charge is 0.354 e. The summed E-state index contributed by atoms with van der Waals surface area (Å²) in [7, 11) is 2.12. The fourth-order valence-electron chi connectivity index (χ4n) is 3.38. The van der Waals surface area contributed by atoms with Gasteiger partial charge in [0, 0.05) is 13.1 Å². The second kappa shape index (κ2) is 11.5. The highest BCUT2D eigenvalue weighted by Gasteiger charge is 2.25. The van der Waals surface area contributed by atoms with Crippen molar-refractivity contribution in [2.45, 2.75) is 32.9 Å². The van der Waals surface area contributed by atoms with E-state index in [1.165, 1.54) is 5.56 Å². The normalized spacial score (nSPS) is 12.3. The summed E-state index contributed by atoms with van der Waals surface area (Å²) in [6.07, 6.45) is 0.939. The molecule has 0 saturated heterocycles. The van der Waals surface area contributed by atoms with Gasteiger partial charge in [-0.2, -0.15) is 0 Å². The molecule has 0 aliphatic carbocycles. The van der Waals surface area contributed by atoms with E-state index >= 15 is 0 Å². The van der Waals surface area contributed by atoms with Gasteiger partial charge in [-0.15, -0.1) is 0 Å². The standard InChI is InChI=1S/C23H33N3O/c1-4-26(5-2)22(21-15-10-7-11-16-21)23(27)24-17-12-18-25(3)19-20-13-8-6-9-14-20/h6-11,13-16,22H,4-5,12,17-19H2,1-3H3,(H,24,27). The van der Waals surface area contributed by atoms with E-state index in [0.717, 1.165) is 38.2 Å². The number of likely N-dealkylation sites (N-methyl/N-ethyl adjacent to an activating group) is 1. The topological polar surface area (TPSA) is 35.6 Å². The van der Waals surface area contributed by atoms with E-state index in [1.807, 2.05) is 36.4 Å². The minimum atomic E-state index is -0.219. The predicted molar refractivity (Wildman–Crippen MR) is 113 cm³/mol. The van der Waals surface area contributed by atoms with Crippen LogP contribution in [0.25, 0.3) is 0 Å². The molecule has 1 unspecified atom stereocenters. The molecule has 0 saturated carbocycles. The lowest BCUT2D eigenvalue weighted by atomic mass is 10.0.